The van der Waals surface area contributed by atoms with Gasteiger partial charge in [0.05, 0.1) is 6.54 Å². The van der Waals surface area contributed by atoms with E-state index in [9.17, 15) is 13.6 Å². The zero-order valence-corrected chi connectivity index (χ0v) is 10.1. The molecule has 0 fully saturated rings. The van der Waals surface area contributed by atoms with Crippen LogP contribution in [0.1, 0.15) is 5.56 Å². The van der Waals surface area contributed by atoms with E-state index in [0.29, 0.717) is 10.6 Å². The maximum atomic E-state index is 12.6. The van der Waals surface area contributed by atoms with Gasteiger partial charge in [0, 0.05) is 11.1 Å². The number of carbonyl (C=O) groups excluding carboxylic acids is 1. The second-order valence-electron chi connectivity index (χ2n) is 3.62. The molecule has 0 spiro atoms. The van der Waals surface area contributed by atoms with Crippen molar-refractivity contribution in [3.8, 4) is 0 Å². The molecule has 98 valence electrons. The molecule has 0 atom stereocenters. The van der Waals surface area contributed by atoms with Crippen LogP contribution in [0, 0.1) is 0 Å². The van der Waals surface area contributed by atoms with Crippen LogP contribution in [0.5, 0.6) is 0 Å². The summed E-state index contributed by atoms with van der Waals surface area (Å²) >= 11 is 5.74. The molecule has 18 heavy (non-hydrogen) atoms. The first kappa shape index (κ1) is 14.6. The summed E-state index contributed by atoms with van der Waals surface area (Å²) in [5.41, 5.74) is 0.687. The van der Waals surface area contributed by atoms with Crippen molar-refractivity contribution in [3.63, 3.8) is 0 Å². The Labute approximate surface area is 108 Å². The summed E-state index contributed by atoms with van der Waals surface area (Å²) in [5.74, 6) is -3.97. The molecule has 0 radical (unpaired) electrons. The van der Waals surface area contributed by atoms with Crippen molar-refractivity contribution >= 4 is 23.6 Å². The summed E-state index contributed by atoms with van der Waals surface area (Å²) in [6.07, 6.45) is 2.58. The number of alkyl halides is 2. The van der Waals surface area contributed by atoms with Gasteiger partial charge in [-0.15, -0.1) is 0 Å². The zero-order valence-electron chi connectivity index (χ0n) is 9.37. The maximum absolute atomic E-state index is 12.6. The van der Waals surface area contributed by atoms with Crippen LogP contribution in [0.2, 0.25) is 5.02 Å². The first-order valence-electron chi connectivity index (χ1n) is 5.13. The van der Waals surface area contributed by atoms with Crippen molar-refractivity contribution in [1.29, 1.82) is 0 Å². The minimum atomic E-state index is -3.31. The summed E-state index contributed by atoms with van der Waals surface area (Å²) in [6.45, 7) is -2.20. The molecule has 1 rings (SSSR count). The lowest BCUT2D eigenvalue weighted by atomic mass is 10.2. The number of aliphatic hydroxyl groups excluding tert-OH is 1. The lowest BCUT2D eigenvalue weighted by Crippen LogP contribution is -2.38. The number of halogens is 3. The van der Waals surface area contributed by atoms with Gasteiger partial charge in [-0.25, -0.2) is 8.78 Å². The van der Waals surface area contributed by atoms with Crippen molar-refractivity contribution in [2.45, 2.75) is 5.92 Å². The second kappa shape index (κ2) is 6.47. The molecule has 1 aromatic rings. The fraction of sp³-hybridized carbons (Fsp3) is 0.250. The van der Waals surface area contributed by atoms with Gasteiger partial charge < -0.3 is 10.4 Å². The van der Waals surface area contributed by atoms with Gasteiger partial charge in [0.15, 0.2) is 0 Å². The number of hydrogen-bond donors (Lipinski definition) is 2. The Bertz CT molecular complexity index is 449. The van der Waals surface area contributed by atoms with Crippen molar-refractivity contribution in [2.75, 3.05) is 13.2 Å². The van der Waals surface area contributed by atoms with E-state index < -0.39 is 25.0 Å². The van der Waals surface area contributed by atoms with Gasteiger partial charge in [0.1, 0.15) is 6.61 Å². The van der Waals surface area contributed by atoms with Crippen molar-refractivity contribution in [1.82, 2.24) is 5.32 Å². The maximum Gasteiger partial charge on any atom is 0.287 e. The topological polar surface area (TPSA) is 49.3 Å². The van der Waals surface area contributed by atoms with Crippen LogP contribution in [-0.2, 0) is 4.79 Å². The average Bonchev–Trinajstić information content (AvgIpc) is 2.34. The quantitative estimate of drug-likeness (QED) is 0.809. The number of nitrogens with one attached hydrogen (secondary N) is 1. The highest BCUT2D eigenvalue weighted by molar-refractivity contribution is 6.30. The summed E-state index contributed by atoms with van der Waals surface area (Å²) in [5, 5.41) is 10.8. The van der Waals surface area contributed by atoms with Crippen LogP contribution in [0.25, 0.3) is 6.08 Å². The van der Waals surface area contributed by atoms with Crippen LogP contribution < -0.4 is 5.32 Å². The van der Waals surface area contributed by atoms with E-state index in [1.165, 1.54) is 6.08 Å². The second-order valence-corrected chi connectivity index (χ2v) is 4.06. The Morgan fingerprint density at radius 1 is 1.50 bits per heavy atom. The third kappa shape index (κ3) is 5.25. The normalized spacial score (nSPS) is 11.8. The molecule has 1 amide bonds. The van der Waals surface area contributed by atoms with Gasteiger partial charge in [0.2, 0.25) is 5.91 Å². The number of amides is 1. The van der Waals surface area contributed by atoms with E-state index in [2.05, 4.69) is 0 Å². The predicted octanol–water partition coefficient (Wildman–Crippen LogP) is 2.10. The monoisotopic (exact) mass is 275 g/mol. The summed E-state index contributed by atoms with van der Waals surface area (Å²) in [6, 6.07) is 6.74. The van der Waals surface area contributed by atoms with Crippen LogP contribution in [0.4, 0.5) is 8.78 Å². The van der Waals surface area contributed by atoms with E-state index >= 15 is 0 Å². The van der Waals surface area contributed by atoms with E-state index in [1.54, 1.807) is 24.3 Å². The van der Waals surface area contributed by atoms with Gasteiger partial charge in [-0.05, 0) is 23.8 Å². The Kier molecular flexibility index (Phi) is 5.25. The van der Waals surface area contributed by atoms with Crippen molar-refractivity contribution in [2.24, 2.45) is 0 Å². The zero-order chi connectivity index (χ0) is 13.6. The van der Waals surface area contributed by atoms with Crippen LogP contribution in [0.15, 0.2) is 30.3 Å². The largest absolute Gasteiger partial charge is 0.390 e. The average molecular weight is 276 g/mol. The lowest BCUT2D eigenvalue weighted by Gasteiger charge is -2.12. The third-order valence-electron chi connectivity index (χ3n) is 2.03. The highest BCUT2D eigenvalue weighted by Gasteiger charge is 2.27. The minimum absolute atomic E-state index is 0.518. The van der Waals surface area contributed by atoms with Gasteiger partial charge in [-0.1, -0.05) is 23.7 Å². The van der Waals surface area contributed by atoms with E-state index in [-0.39, 0.29) is 0 Å². The third-order valence-corrected chi connectivity index (χ3v) is 2.26. The molecule has 1 aromatic carbocycles. The van der Waals surface area contributed by atoms with Gasteiger partial charge >= 0.3 is 0 Å². The molecule has 6 heteroatoms. The molecule has 0 saturated carbocycles. The molecule has 0 aliphatic heterocycles. The number of rotatable bonds is 5. The predicted molar refractivity (Wildman–Crippen MR) is 65.5 cm³/mol. The standard InChI is InChI=1S/C12H12ClF2NO2/c13-10-3-1-2-9(6-10)4-5-11(18)16-7-12(14,15)8-17/h1-6,17H,7-8H2,(H,16,18)/b5-4+. The number of benzene rings is 1. The first-order chi connectivity index (χ1) is 8.43. The molecule has 0 aliphatic rings. The molecule has 0 bridgehead atoms. The summed E-state index contributed by atoms with van der Waals surface area (Å²) < 4.78 is 25.2. The highest BCUT2D eigenvalue weighted by Crippen LogP contribution is 2.12. The highest BCUT2D eigenvalue weighted by atomic mass is 35.5. The van der Waals surface area contributed by atoms with Gasteiger partial charge in [0.25, 0.3) is 5.92 Å². The fourth-order valence-corrected chi connectivity index (χ4v) is 1.31. The Balaban J connectivity index is 2.50. The molecule has 0 aliphatic carbocycles. The van der Waals surface area contributed by atoms with Crippen molar-refractivity contribution in [3.05, 3.63) is 40.9 Å². The number of aliphatic hydroxyl groups is 1. The molecule has 0 saturated heterocycles. The number of carbonyl (C=O) groups is 1. The van der Waals surface area contributed by atoms with E-state index in [1.807, 2.05) is 5.32 Å². The molecular weight excluding hydrogens is 264 g/mol. The SMILES string of the molecule is O=C(/C=C/c1cccc(Cl)c1)NCC(F)(F)CO. The Hall–Kier alpha value is -1.46. The van der Waals surface area contributed by atoms with Crippen LogP contribution in [-0.4, -0.2) is 30.1 Å². The van der Waals surface area contributed by atoms with Crippen molar-refractivity contribution < 1.29 is 18.7 Å². The van der Waals surface area contributed by atoms with Gasteiger partial charge in [-0.3, -0.25) is 4.79 Å². The molecule has 0 unspecified atom stereocenters. The fourth-order valence-electron chi connectivity index (χ4n) is 1.11. The lowest BCUT2D eigenvalue weighted by molar-refractivity contribution is -0.119. The molecule has 3 nitrogen and oxygen atoms in total. The number of hydrogen-bond acceptors (Lipinski definition) is 2. The first-order valence-corrected chi connectivity index (χ1v) is 5.51. The van der Waals surface area contributed by atoms with E-state index in [0.717, 1.165) is 6.08 Å². The summed E-state index contributed by atoms with van der Waals surface area (Å²) in [7, 11) is 0. The van der Waals surface area contributed by atoms with Crippen LogP contribution >= 0.6 is 11.6 Å². The molecule has 0 aromatic heterocycles. The molecule has 0 heterocycles. The molecular formula is C12H12ClF2NO2. The van der Waals surface area contributed by atoms with Crippen LogP contribution in [0.3, 0.4) is 0 Å². The Morgan fingerprint density at radius 2 is 2.22 bits per heavy atom. The van der Waals surface area contributed by atoms with E-state index in [4.69, 9.17) is 16.7 Å². The smallest absolute Gasteiger partial charge is 0.287 e. The minimum Gasteiger partial charge on any atom is -0.390 e. The molecule has 2 N–H and O–H groups in total. The summed E-state index contributed by atoms with van der Waals surface area (Å²) in [4.78, 5) is 11.2. The van der Waals surface area contributed by atoms with Gasteiger partial charge in [-0.2, -0.15) is 0 Å². The Morgan fingerprint density at radius 3 is 2.83 bits per heavy atom.